The van der Waals surface area contributed by atoms with Crippen molar-refractivity contribution in [3.63, 3.8) is 0 Å². The summed E-state index contributed by atoms with van der Waals surface area (Å²) in [4.78, 5) is 71.4. The lowest BCUT2D eigenvalue weighted by atomic mass is 9.96. The molecule has 0 aliphatic heterocycles. The summed E-state index contributed by atoms with van der Waals surface area (Å²) in [6, 6.07) is -5.27. The highest BCUT2D eigenvalue weighted by Crippen LogP contribution is 2.11. The number of carbonyl (C=O) groups is 6. The van der Waals surface area contributed by atoms with Gasteiger partial charge in [0.05, 0.1) is 12.5 Å². The van der Waals surface area contributed by atoms with Crippen molar-refractivity contribution in [2.24, 2.45) is 17.6 Å². The Morgan fingerprint density at radius 3 is 1.68 bits per heavy atom. The van der Waals surface area contributed by atoms with Crippen molar-refractivity contribution in [2.45, 2.75) is 84.0 Å². The lowest BCUT2D eigenvalue weighted by Crippen LogP contribution is -2.59. The molecular weight excluding hydrogens is 452 g/mol. The Morgan fingerprint density at radius 2 is 1.24 bits per heavy atom. The second-order valence-corrected chi connectivity index (χ2v) is 8.28. The molecule has 0 fully saturated rings. The standard InChI is InChI=1S/C21H36N4O9/c1-5-10(3)16(24-18(30)12(22)7-8-14(26)27)20(32)23-13(9-15(28)29)19(31)25-17(21(33)34)11(4)6-2/h10-13,16-17H,5-9,22H2,1-4H3,(H,23,32)(H,24,30)(H,25,31)(H,26,27)(H,28,29)(H,33,34). The zero-order chi connectivity index (χ0) is 26.6. The quantitative estimate of drug-likeness (QED) is 0.144. The predicted octanol–water partition coefficient (Wildman–Crippen LogP) is -0.716. The summed E-state index contributed by atoms with van der Waals surface area (Å²) in [5.74, 6) is -7.37. The molecule has 0 saturated carbocycles. The molecule has 0 saturated heterocycles. The number of hydrogen-bond donors (Lipinski definition) is 7. The van der Waals surface area contributed by atoms with Crippen molar-refractivity contribution in [1.29, 1.82) is 0 Å². The minimum Gasteiger partial charge on any atom is -0.481 e. The van der Waals surface area contributed by atoms with Gasteiger partial charge < -0.3 is 37.0 Å². The zero-order valence-electron chi connectivity index (χ0n) is 19.9. The van der Waals surface area contributed by atoms with Crippen molar-refractivity contribution in [2.75, 3.05) is 0 Å². The lowest BCUT2D eigenvalue weighted by Gasteiger charge is -2.28. The number of aliphatic carboxylic acids is 3. The van der Waals surface area contributed by atoms with Crippen LogP contribution in [0.25, 0.3) is 0 Å². The van der Waals surface area contributed by atoms with Crippen LogP contribution in [-0.4, -0.2) is 75.1 Å². The molecule has 194 valence electrons. The molecule has 0 spiro atoms. The Hall–Kier alpha value is -3.22. The van der Waals surface area contributed by atoms with E-state index < -0.39 is 78.1 Å². The zero-order valence-corrected chi connectivity index (χ0v) is 19.9. The molecule has 0 radical (unpaired) electrons. The van der Waals surface area contributed by atoms with Gasteiger partial charge in [0.25, 0.3) is 0 Å². The minimum absolute atomic E-state index is 0.160. The molecule has 0 aromatic carbocycles. The highest BCUT2D eigenvalue weighted by atomic mass is 16.4. The molecule has 8 N–H and O–H groups in total. The van der Waals surface area contributed by atoms with E-state index in [0.29, 0.717) is 12.8 Å². The molecule has 0 bridgehead atoms. The van der Waals surface area contributed by atoms with E-state index in [1.165, 1.54) is 0 Å². The summed E-state index contributed by atoms with van der Waals surface area (Å²) >= 11 is 0. The van der Waals surface area contributed by atoms with Gasteiger partial charge in [0, 0.05) is 6.42 Å². The summed E-state index contributed by atoms with van der Waals surface area (Å²) in [7, 11) is 0. The van der Waals surface area contributed by atoms with E-state index in [1.54, 1.807) is 27.7 Å². The van der Waals surface area contributed by atoms with Crippen molar-refractivity contribution in [3.8, 4) is 0 Å². The van der Waals surface area contributed by atoms with Gasteiger partial charge in [0.1, 0.15) is 18.1 Å². The van der Waals surface area contributed by atoms with Crippen LogP contribution in [-0.2, 0) is 28.8 Å². The molecule has 13 nitrogen and oxygen atoms in total. The van der Waals surface area contributed by atoms with Crippen LogP contribution >= 0.6 is 0 Å². The van der Waals surface area contributed by atoms with E-state index >= 15 is 0 Å². The topological polar surface area (TPSA) is 225 Å². The van der Waals surface area contributed by atoms with E-state index in [-0.39, 0.29) is 12.8 Å². The van der Waals surface area contributed by atoms with Crippen molar-refractivity contribution < 1.29 is 44.1 Å². The fraction of sp³-hybridized carbons (Fsp3) is 0.714. The smallest absolute Gasteiger partial charge is 0.326 e. The molecule has 13 heteroatoms. The first-order valence-electron chi connectivity index (χ1n) is 11.1. The van der Waals surface area contributed by atoms with Gasteiger partial charge in [-0.2, -0.15) is 0 Å². The van der Waals surface area contributed by atoms with Crippen LogP contribution in [0.5, 0.6) is 0 Å². The van der Waals surface area contributed by atoms with Gasteiger partial charge in [-0.3, -0.25) is 24.0 Å². The number of amides is 3. The molecular formula is C21H36N4O9. The minimum atomic E-state index is -1.60. The second-order valence-electron chi connectivity index (χ2n) is 8.28. The SMILES string of the molecule is CCC(C)C(NC(=O)C(CC(=O)O)NC(=O)C(NC(=O)C(N)CCC(=O)O)C(C)CC)C(=O)O. The molecule has 6 unspecified atom stereocenters. The molecule has 0 aliphatic rings. The van der Waals surface area contributed by atoms with E-state index in [2.05, 4.69) is 16.0 Å². The number of carboxylic acids is 3. The van der Waals surface area contributed by atoms with Crippen molar-refractivity contribution in [1.82, 2.24) is 16.0 Å². The third kappa shape index (κ3) is 10.6. The van der Waals surface area contributed by atoms with Gasteiger partial charge in [-0.15, -0.1) is 0 Å². The van der Waals surface area contributed by atoms with Crippen LogP contribution in [0.3, 0.4) is 0 Å². The maximum atomic E-state index is 12.9. The average Bonchev–Trinajstić information content (AvgIpc) is 2.76. The van der Waals surface area contributed by atoms with E-state index in [1.807, 2.05) is 0 Å². The summed E-state index contributed by atoms with van der Waals surface area (Å²) in [6.45, 7) is 6.71. The summed E-state index contributed by atoms with van der Waals surface area (Å²) in [5, 5.41) is 34.3. The number of nitrogens with two attached hydrogens (primary N) is 1. The molecule has 3 amide bonds. The van der Waals surface area contributed by atoms with Crippen LogP contribution < -0.4 is 21.7 Å². The summed E-state index contributed by atoms with van der Waals surface area (Å²) in [5.41, 5.74) is 5.69. The maximum absolute atomic E-state index is 12.9. The molecule has 0 aliphatic carbocycles. The Labute approximate surface area is 197 Å². The Kier molecular flexibility index (Phi) is 13.4. The monoisotopic (exact) mass is 488 g/mol. The summed E-state index contributed by atoms with van der Waals surface area (Å²) < 4.78 is 0. The normalized spacial score (nSPS) is 16.1. The first-order chi connectivity index (χ1) is 15.7. The van der Waals surface area contributed by atoms with Crippen LogP contribution in [0.1, 0.15) is 59.8 Å². The van der Waals surface area contributed by atoms with Crippen LogP contribution in [0.15, 0.2) is 0 Å². The van der Waals surface area contributed by atoms with E-state index in [9.17, 15) is 39.0 Å². The van der Waals surface area contributed by atoms with E-state index in [0.717, 1.165) is 0 Å². The Morgan fingerprint density at radius 1 is 0.735 bits per heavy atom. The Balaban J connectivity index is 5.59. The van der Waals surface area contributed by atoms with Gasteiger partial charge >= 0.3 is 17.9 Å². The number of carbonyl (C=O) groups excluding carboxylic acids is 3. The largest absolute Gasteiger partial charge is 0.481 e. The fourth-order valence-electron chi connectivity index (χ4n) is 2.95. The molecule has 0 heterocycles. The third-order valence-corrected chi connectivity index (χ3v) is 5.59. The summed E-state index contributed by atoms with van der Waals surface area (Å²) in [6.07, 6.45) is -0.475. The molecule has 0 aromatic rings. The number of rotatable bonds is 16. The number of nitrogens with one attached hydrogen (secondary N) is 3. The average molecular weight is 489 g/mol. The number of hydrogen-bond acceptors (Lipinski definition) is 7. The second kappa shape index (κ2) is 14.8. The van der Waals surface area contributed by atoms with Gasteiger partial charge in [-0.25, -0.2) is 4.79 Å². The fourth-order valence-corrected chi connectivity index (χ4v) is 2.95. The molecule has 6 atom stereocenters. The first kappa shape index (κ1) is 30.8. The van der Waals surface area contributed by atoms with Crippen molar-refractivity contribution >= 4 is 35.6 Å². The molecule has 34 heavy (non-hydrogen) atoms. The lowest BCUT2D eigenvalue weighted by molar-refractivity contribution is -0.145. The third-order valence-electron chi connectivity index (χ3n) is 5.59. The maximum Gasteiger partial charge on any atom is 0.326 e. The van der Waals surface area contributed by atoms with Crippen LogP contribution in [0.4, 0.5) is 0 Å². The first-order valence-corrected chi connectivity index (χ1v) is 11.1. The van der Waals surface area contributed by atoms with Gasteiger partial charge in [0.15, 0.2) is 0 Å². The van der Waals surface area contributed by atoms with Gasteiger partial charge in [-0.1, -0.05) is 40.5 Å². The van der Waals surface area contributed by atoms with Crippen LogP contribution in [0.2, 0.25) is 0 Å². The highest BCUT2D eigenvalue weighted by Gasteiger charge is 2.34. The highest BCUT2D eigenvalue weighted by molar-refractivity contribution is 5.95. The molecule has 0 aromatic heterocycles. The van der Waals surface area contributed by atoms with E-state index in [4.69, 9.17) is 10.8 Å². The Bertz CT molecular complexity index is 759. The van der Waals surface area contributed by atoms with Gasteiger partial charge in [0.2, 0.25) is 17.7 Å². The number of carboxylic acid groups (broad SMARTS) is 3. The predicted molar refractivity (Wildman–Crippen MR) is 119 cm³/mol. The van der Waals surface area contributed by atoms with Crippen molar-refractivity contribution in [3.05, 3.63) is 0 Å². The van der Waals surface area contributed by atoms with Crippen LogP contribution in [0, 0.1) is 11.8 Å². The molecule has 0 rings (SSSR count). The van der Waals surface area contributed by atoms with Gasteiger partial charge in [-0.05, 0) is 18.3 Å².